The molecule has 1 amide bonds. The molecule has 1 aliphatic rings. The number of amides is 1. The Morgan fingerprint density at radius 3 is 2.21 bits per heavy atom. The third kappa shape index (κ3) is 7.09. The van der Waals surface area contributed by atoms with E-state index < -0.39 is 52.5 Å². The number of carboxylic acids is 1. The van der Waals surface area contributed by atoms with Crippen LogP contribution >= 0.6 is 23.2 Å². The van der Waals surface area contributed by atoms with Gasteiger partial charge < -0.3 is 19.9 Å². The zero-order valence-electron chi connectivity index (χ0n) is 21.7. The van der Waals surface area contributed by atoms with Gasteiger partial charge in [0, 0.05) is 16.6 Å². The minimum atomic E-state index is -4.96. The number of hydrogen-bond donors (Lipinski definition) is 2. The number of ether oxygens (including phenoxy) is 2. The van der Waals surface area contributed by atoms with Crippen molar-refractivity contribution in [1.82, 2.24) is 9.62 Å². The number of carboxylic acid groups (broad SMARTS) is 1. The average Bonchev–Trinajstić information content (AvgIpc) is 2.85. The Kier molecular flexibility index (Phi) is 9.26. The summed E-state index contributed by atoms with van der Waals surface area (Å²) in [5.74, 6) is -2.37. The molecule has 2 N–H and O–H groups in total. The molecule has 0 aliphatic carbocycles. The van der Waals surface area contributed by atoms with Crippen molar-refractivity contribution in [3.05, 3.63) is 76.3 Å². The van der Waals surface area contributed by atoms with Crippen LogP contribution in [0, 0.1) is 0 Å². The van der Waals surface area contributed by atoms with Gasteiger partial charge in [0.25, 0.3) is 0 Å². The zero-order chi connectivity index (χ0) is 30.8. The third-order valence-electron chi connectivity index (χ3n) is 6.45. The number of aliphatic carboxylic acids is 1. The molecule has 0 radical (unpaired) electrons. The lowest BCUT2D eigenvalue weighted by Gasteiger charge is -2.39. The van der Waals surface area contributed by atoms with E-state index in [2.05, 4.69) is 10.1 Å². The molecule has 1 saturated heterocycles. The van der Waals surface area contributed by atoms with E-state index in [1.165, 1.54) is 61.7 Å². The van der Waals surface area contributed by atoms with Crippen LogP contribution in [0.15, 0.2) is 65.6 Å². The number of nitrogens with one attached hydrogen (secondary N) is 1. The second-order valence-corrected chi connectivity index (χ2v) is 12.0. The monoisotopic (exact) mass is 646 g/mol. The van der Waals surface area contributed by atoms with Gasteiger partial charge in [0.2, 0.25) is 15.9 Å². The standard InChI is InChI=1S/C27H23Cl2F3N2O7S/c1-40-22-3-2-4-23(41-27(30,31)32)25(22)16-7-5-15(6-8-16)20(14-24(35)36)33-26(37)21-9-10-34(21)42(38,39)19-12-17(28)11-18(29)13-19/h2-8,11-13,20-21H,9-10,14H2,1H3,(H,33,37)(H,35,36)/t20-,21+/m1/s1. The molecule has 4 rings (SSSR count). The highest BCUT2D eigenvalue weighted by molar-refractivity contribution is 7.89. The molecule has 1 aliphatic heterocycles. The number of rotatable bonds is 10. The molecule has 1 heterocycles. The van der Waals surface area contributed by atoms with Gasteiger partial charge in [-0.15, -0.1) is 13.2 Å². The van der Waals surface area contributed by atoms with Crippen LogP contribution in [-0.4, -0.2) is 55.8 Å². The molecular formula is C27H23Cl2F3N2O7S. The molecule has 3 aromatic rings. The van der Waals surface area contributed by atoms with E-state index in [9.17, 15) is 36.3 Å². The SMILES string of the molecule is COc1cccc(OC(F)(F)F)c1-c1ccc([C@@H](CC(=O)O)NC(=O)[C@@H]2CCN2S(=O)(=O)c2cc(Cl)cc(Cl)c2)cc1. The minimum Gasteiger partial charge on any atom is -0.496 e. The van der Waals surface area contributed by atoms with Crippen LogP contribution in [-0.2, 0) is 19.6 Å². The van der Waals surface area contributed by atoms with Crippen molar-refractivity contribution in [3.63, 3.8) is 0 Å². The molecule has 2 atom stereocenters. The van der Waals surface area contributed by atoms with Crippen LogP contribution in [0.4, 0.5) is 13.2 Å². The summed E-state index contributed by atoms with van der Waals surface area (Å²) < 4.78 is 75.7. The Balaban J connectivity index is 1.58. The topological polar surface area (TPSA) is 122 Å². The number of carbonyl (C=O) groups is 2. The second-order valence-electron chi connectivity index (χ2n) is 9.19. The summed E-state index contributed by atoms with van der Waals surface area (Å²) in [7, 11) is -2.86. The first-order valence-electron chi connectivity index (χ1n) is 12.2. The average molecular weight is 647 g/mol. The van der Waals surface area contributed by atoms with Gasteiger partial charge in [0.15, 0.2) is 0 Å². The molecule has 0 bridgehead atoms. The maximum absolute atomic E-state index is 13.2. The molecule has 9 nitrogen and oxygen atoms in total. The molecule has 0 unspecified atom stereocenters. The van der Waals surface area contributed by atoms with E-state index in [4.69, 9.17) is 27.9 Å². The summed E-state index contributed by atoms with van der Waals surface area (Å²) >= 11 is 11.9. The van der Waals surface area contributed by atoms with Crippen molar-refractivity contribution < 1.29 is 45.8 Å². The zero-order valence-corrected chi connectivity index (χ0v) is 24.0. The lowest BCUT2D eigenvalue weighted by molar-refractivity contribution is -0.274. The molecule has 42 heavy (non-hydrogen) atoms. The fourth-order valence-corrected chi connectivity index (χ4v) is 6.84. The Morgan fingerprint density at radius 1 is 1.07 bits per heavy atom. The molecule has 15 heteroatoms. The highest BCUT2D eigenvalue weighted by Gasteiger charge is 2.43. The summed E-state index contributed by atoms with van der Waals surface area (Å²) in [6.07, 6.45) is -5.32. The van der Waals surface area contributed by atoms with Crippen LogP contribution < -0.4 is 14.8 Å². The summed E-state index contributed by atoms with van der Waals surface area (Å²) in [6, 6.07) is 11.2. The largest absolute Gasteiger partial charge is 0.573 e. The molecule has 0 aromatic heterocycles. The van der Waals surface area contributed by atoms with Crippen molar-refractivity contribution in [3.8, 4) is 22.6 Å². The van der Waals surface area contributed by atoms with Gasteiger partial charge in [0.05, 0.1) is 30.0 Å². The van der Waals surface area contributed by atoms with Crippen LogP contribution in [0.1, 0.15) is 24.4 Å². The lowest BCUT2D eigenvalue weighted by atomic mass is 9.97. The maximum atomic E-state index is 13.2. The Hall–Kier alpha value is -3.52. The molecule has 0 saturated carbocycles. The molecule has 224 valence electrons. The first kappa shape index (κ1) is 31.4. The van der Waals surface area contributed by atoms with Crippen molar-refractivity contribution in [1.29, 1.82) is 0 Å². The Morgan fingerprint density at radius 2 is 1.69 bits per heavy atom. The fraction of sp³-hybridized carbons (Fsp3) is 0.259. The van der Waals surface area contributed by atoms with Gasteiger partial charge in [-0.05, 0) is 47.9 Å². The fourth-order valence-electron chi connectivity index (χ4n) is 4.48. The molecule has 3 aromatic carbocycles. The number of benzene rings is 3. The van der Waals surface area contributed by atoms with E-state index in [0.717, 1.165) is 10.4 Å². The number of sulfonamides is 1. The Labute approximate surface area is 248 Å². The van der Waals surface area contributed by atoms with E-state index in [0.29, 0.717) is 5.56 Å². The number of hydrogen-bond acceptors (Lipinski definition) is 6. The number of halogens is 5. The van der Waals surface area contributed by atoms with Crippen molar-refractivity contribution in [2.75, 3.05) is 13.7 Å². The van der Waals surface area contributed by atoms with Crippen LogP contribution in [0.3, 0.4) is 0 Å². The van der Waals surface area contributed by atoms with E-state index in [-0.39, 0.29) is 44.8 Å². The normalized spacial score (nSPS) is 16.3. The second kappa shape index (κ2) is 12.4. The van der Waals surface area contributed by atoms with Crippen molar-refractivity contribution >= 4 is 45.1 Å². The van der Waals surface area contributed by atoms with Gasteiger partial charge >= 0.3 is 12.3 Å². The minimum absolute atomic E-state index is 0.0131. The first-order valence-corrected chi connectivity index (χ1v) is 14.4. The predicted molar refractivity (Wildman–Crippen MR) is 147 cm³/mol. The van der Waals surface area contributed by atoms with Gasteiger partial charge in [-0.2, -0.15) is 4.31 Å². The molecular weight excluding hydrogens is 624 g/mol. The smallest absolute Gasteiger partial charge is 0.496 e. The maximum Gasteiger partial charge on any atom is 0.573 e. The lowest BCUT2D eigenvalue weighted by Crippen LogP contribution is -2.58. The highest BCUT2D eigenvalue weighted by Crippen LogP contribution is 2.41. The number of methoxy groups -OCH3 is 1. The van der Waals surface area contributed by atoms with E-state index in [1.54, 1.807) is 0 Å². The molecule has 1 fully saturated rings. The van der Waals surface area contributed by atoms with Gasteiger partial charge in [-0.1, -0.05) is 53.5 Å². The van der Waals surface area contributed by atoms with Gasteiger partial charge in [-0.3, -0.25) is 9.59 Å². The summed E-state index contributed by atoms with van der Waals surface area (Å²) in [4.78, 5) is 24.6. The number of alkyl halides is 3. The summed E-state index contributed by atoms with van der Waals surface area (Å²) in [5, 5.41) is 12.3. The van der Waals surface area contributed by atoms with Gasteiger partial charge in [-0.25, -0.2) is 8.42 Å². The summed E-state index contributed by atoms with van der Waals surface area (Å²) in [6.45, 7) is 0.0457. The molecule has 0 spiro atoms. The summed E-state index contributed by atoms with van der Waals surface area (Å²) in [5.41, 5.74) is 0.601. The van der Waals surface area contributed by atoms with Crippen LogP contribution in [0.25, 0.3) is 11.1 Å². The van der Waals surface area contributed by atoms with Crippen molar-refractivity contribution in [2.45, 2.75) is 36.2 Å². The van der Waals surface area contributed by atoms with E-state index in [1.807, 2.05) is 0 Å². The third-order valence-corrected chi connectivity index (χ3v) is 8.77. The van der Waals surface area contributed by atoms with Gasteiger partial charge in [0.1, 0.15) is 17.5 Å². The van der Waals surface area contributed by atoms with Crippen LogP contribution in [0.5, 0.6) is 11.5 Å². The van der Waals surface area contributed by atoms with Crippen LogP contribution in [0.2, 0.25) is 10.0 Å². The quantitative estimate of drug-likeness (QED) is 0.291. The Bertz CT molecular complexity index is 1580. The van der Waals surface area contributed by atoms with E-state index >= 15 is 0 Å². The highest BCUT2D eigenvalue weighted by atomic mass is 35.5. The number of nitrogens with zero attached hydrogens (tertiary/aromatic N) is 1. The first-order chi connectivity index (χ1) is 19.7. The number of carbonyl (C=O) groups excluding carboxylic acids is 1. The van der Waals surface area contributed by atoms with Crippen molar-refractivity contribution in [2.24, 2.45) is 0 Å². The predicted octanol–water partition coefficient (Wildman–Crippen LogP) is 5.66.